The van der Waals surface area contributed by atoms with Crippen molar-refractivity contribution >= 4 is 23.6 Å². The average molecular weight is 756 g/mol. The quantitative estimate of drug-likeness (QED) is 0.0438. The minimum Gasteiger partial charge on any atom is -0.394 e. The van der Waals surface area contributed by atoms with Gasteiger partial charge >= 0.3 is 0 Å². The van der Waals surface area contributed by atoms with Gasteiger partial charge in [0, 0.05) is 19.4 Å². The largest absolute Gasteiger partial charge is 0.394 e. The molecule has 310 valence electrons. The molecule has 1 heterocycles. The summed E-state index contributed by atoms with van der Waals surface area (Å²) in [5, 5.41) is 34.6. The van der Waals surface area contributed by atoms with Crippen LogP contribution in [0.2, 0.25) is 0 Å². The summed E-state index contributed by atoms with van der Waals surface area (Å²) in [6.45, 7) is 5.91. The van der Waals surface area contributed by atoms with Gasteiger partial charge in [0.25, 0.3) is 5.91 Å². The summed E-state index contributed by atoms with van der Waals surface area (Å²) in [6.07, 6.45) is 17.7. The van der Waals surface area contributed by atoms with Crippen molar-refractivity contribution in [3.8, 4) is 0 Å². The zero-order valence-corrected chi connectivity index (χ0v) is 33.7. The first kappa shape index (κ1) is 48.9. The Balaban J connectivity index is 3.31. The first-order valence-corrected chi connectivity index (χ1v) is 21.0. The molecule has 0 aromatic heterocycles. The molecule has 0 spiro atoms. The molecule has 13 nitrogen and oxygen atoms in total. The number of amides is 4. The highest BCUT2D eigenvalue weighted by Crippen LogP contribution is 2.38. The number of carbonyl (C=O) groups is 4. The number of imide groups is 1. The van der Waals surface area contributed by atoms with Crippen LogP contribution in [0.25, 0.3) is 0 Å². The van der Waals surface area contributed by atoms with Crippen LogP contribution in [0.1, 0.15) is 175 Å². The van der Waals surface area contributed by atoms with Crippen LogP contribution in [-0.4, -0.2) is 105 Å². The van der Waals surface area contributed by atoms with Crippen molar-refractivity contribution in [3.63, 3.8) is 0 Å². The molecular weight excluding hydrogens is 678 g/mol. The second-order valence-corrected chi connectivity index (χ2v) is 15.2. The van der Waals surface area contributed by atoms with E-state index in [9.17, 15) is 34.5 Å². The van der Waals surface area contributed by atoms with E-state index in [-0.39, 0.29) is 18.9 Å². The van der Waals surface area contributed by atoms with Gasteiger partial charge in [0.1, 0.15) is 12.2 Å². The summed E-state index contributed by atoms with van der Waals surface area (Å²) in [6, 6.07) is -2.17. The monoisotopic (exact) mass is 756 g/mol. The first-order chi connectivity index (χ1) is 25.4. The van der Waals surface area contributed by atoms with E-state index in [1.165, 1.54) is 89.4 Å². The van der Waals surface area contributed by atoms with Gasteiger partial charge in [-0.3, -0.25) is 24.1 Å². The second kappa shape index (κ2) is 28.3. The topological polar surface area (TPSA) is 209 Å². The maximum atomic E-state index is 14.3. The van der Waals surface area contributed by atoms with Crippen LogP contribution in [0.5, 0.6) is 0 Å². The number of hydrogen-bond donors (Lipinski definition) is 6. The Morgan fingerprint density at radius 3 is 1.60 bits per heavy atom. The molecule has 0 saturated carbocycles. The van der Waals surface area contributed by atoms with Crippen molar-refractivity contribution in [3.05, 3.63) is 0 Å². The van der Waals surface area contributed by atoms with Crippen LogP contribution in [0.15, 0.2) is 0 Å². The zero-order valence-electron chi connectivity index (χ0n) is 33.7. The number of unbranched alkanes of at least 4 members (excludes halogenated alkanes) is 19. The Kier molecular flexibility index (Phi) is 26.1. The minimum atomic E-state index is -2.22. The lowest BCUT2D eigenvalue weighted by Crippen LogP contribution is -2.75. The van der Waals surface area contributed by atoms with Crippen molar-refractivity contribution in [2.24, 2.45) is 11.5 Å². The average Bonchev–Trinajstić information content (AvgIpc) is 3.13. The Morgan fingerprint density at radius 2 is 1.17 bits per heavy atom. The third-order valence-corrected chi connectivity index (χ3v) is 10.3. The highest BCUT2D eigenvalue weighted by Gasteiger charge is 2.58. The number of aliphatic hydroxyl groups excluding tert-OH is 3. The lowest BCUT2D eigenvalue weighted by Gasteiger charge is -2.54. The predicted molar refractivity (Wildman–Crippen MR) is 208 cm³/mol. The molecule has 1 saturated heterocycles. The smallest absolute Gasteiger partial charge is 0.252 e. The summed E-state index contributed by atoms with van der Waals surface area (Å²) in [5.41, 5.74) is 11.7. The molecule has 1 rings (SSSR count). The van der Waals surface area contributed by atoms with E-state index in [0.29, 0.717) is 17.7 Å². The number of aliphatic hydroxyl groups is 3. The molecule has 1 aliphatic rings. The Labute approximate surface area is 320 Å². The fraction of sp³-hybridized carbons (Fsp3) is 0.900. The molecule has 0 bridgehead atoms. The van der Waals surface area contributed by atoms with E-state index >= 15 is 0 Å². The Hall–Kier alpha value is -2.16. The highest BCUT2D eigenvalue weighted by molar-refractivity contribution is 6.00. The van der Waals surface area contributed by atoms with Crippen LogP contribution < -0.4 is 16.8 Å². The number of ether oxygens (including phenoxy) is 1. The number of nitrogens with two attached hydrogens (primary N) is 2. The molecule has 0 aromatic carbocycles. The van der Waals surface area contributed by atoms with Gasteiger partial charge in [-0.15, -0.1) is 0 Å². The van der Waals surface area contributed by atoms with Crippen molar-refractivity contribution in [1.82, 2.24) is 15.1 Å². The second-order valence-electron chi connectivity index (χ2n) is 15.2. The standard InChI is InChI=1S/C40H77N5O8/c1-5-7-9-11-13-15-16-17-19-21-23-25-27-44(35(48)26-24-22-20-18-14-12-10-8-6-2)40(28-33(47)37(50)34(30-46)53-40)45(39(52)32(4)42)36(49)29-43-38(51)31(3)41/h31-34,37,46-47,50H,5-30,41-42H2,1-4H3,(H,43,51)/t31-,32-,33+,34+,37-,40+/m0/s1. The summed E-state index contributed by atoms with van der Waals surface area (Å²) in [7, 11) is 0. The molecular formula is C40H77N5O8. The summed E-state index contributed by atoms with van der Waals surface area (Å²) in [5.74, 6) is -5.08. The van der Waals surface area contributed by atoms with E-state index in [0.717, 1.165) is 51.4 Å². The lowest BCUT2D eigenvalue weighted by molar-refractivity contribution is -0.312. The van der Waals surface area contributed by atoms with Crippen molar-refractivity contribution in [2.45, 2.75) is 212 Å². The molecule has 1 aliphatic heterocycles. The zero-order chi connectivity index (χ0) is 39.6. The molecule has 8 N–H and O–H groups in total. The number of nitrogens with one attached hydrogen (secondary N) is 1. The first-order valence-electron chi connectivity index (χ1n) is 21.0. The summed E-state index contributed by atoms with van der Waals surface area (Å²) >= 11 is 0. The normalized spacial score (nSPS) is 21.2. The Bertz CT molecular complexity index is 1030. The summed E-state index contributed by atoms with van der Waals surface area (Å²) < 4.78 is 6.28. The van der Waals surface area contributed by atoms with E-state index in [1.54, 1.807) is 0 Å². The molecule has 1 fully saturated rings. The van der Waals surface area contributed by atoms with Gasteiger partial charge < -0.3 is 36.8 Å². The van der Waals surface area contributed by atoms with Gasteiger partial charge in [0.15, 0.2) is 0 Å². The lowest BCUT2D eigenvalue weighted by atomic mass is 9.94. The molecule has 13 heteroatoms. The van der Waals surface area contributed by atoms with Crippen molar-refractivity contribution in [2.75, 3.05) is 19.7 Å². The molecule has 53 heavy (non-hydrogen) atoms. The molecule has 0 aromatic rings. The maximum absolute atomic E-state index is 14.3. The van der Waals surface area contributed by atoms with E-state index in [4.69, 9.17) is 16.2 Å². The summed E-state index contributed by atoms with van der Waals surface area (Å²) in [4.78, 5) is 56.6. The number of nitrogens with zero attached hydrogens (tertiary/aromatic N) is 2. The van der Waals surface area contributed by atoms with Gasteiger partial charge in [-0.2, -0.15) is 0 Å². The number of carbonyl (C=O) groups excluding carboxylic acids is 4. The maximum Gasteiger partial charge on any atom is 0.252 e. The van der Waals surface area contributed by atoms with Crippen LogP contribution in [0, 0.1) is 0 Å². The Morgan fingerprint density at radius 1 is 0.717 bits per heavy atom. The predicted octanol–water partition coefficient (Wildman–Crippen LogP) is 4.76. The molecule has 0 radical (unpaired) electrons. The number of rotatable bonds is 30. The SMILES string of the molecule is CCCCCCCCCCCCCCN(C(=O)CCCCCCCCCCC)[C@@]1(N(C(=O)CNC(=O)[C@H](C)N)C(=O)[C@H](C)N)C[C@@H](O)[C@H](O)[C@@H](CO)O1. The van der Waals surface area contributed by atoms with Crippen LogP contribution in [-0.2, 0) is 23.9 Å². The third kappa shape index (κ3) is 17.9. The highest BCUT2D eigenvalue weighted by atomic mass is 16.6. The molecule has 0 aliphatic carbocycles. The van der Waals surface area contributed by atoms with E-state index in [2.05, 4.69) is 19.2 Å². The third-order valence-electron chi connectivity index (χ3n) is 10.3. The van der Waals surface area contributed by atoms with Crippen LogP contribution >= 0.6 is 0 Å². The molecule has 6 atom stereocenters. The van der Waals surface area contributed by atoms with Crippen molar-refractivity contribution < 1.29 is 39.2 Å². The fourth-order valence-corrected chi connectivity index (χ4v) is 7.01. The van der Waals surface area contributed by atoms with E-state index < -0.39 is 73.5 Å². The van der Waals surface area contributed by atoms with Crippen LogP contribution in [0.4, 0.5) is 0 Å². The molecule has 0 unspecified atom stereocenters. The fourth-order valence-electron chi connectivity index (χ4n) is 7.01. The molecule has 4 amide bonds. The van der Waals surface area contributed by atoms with E-state index in [1.807, 2.05) is 0 Å². The number of hydrogen-bond acceptors (Lipinski definition) is 10. The van der Waals surface area contributed by atoms with Gasteiger partial charge in [0.2, 0.25) is 23.6 Å². The van der Waals surface area contributed by atoms with Gasteiger partial charge in [-0.25, -0.2) is 4.90 Å². The minimum absolute atomic E-state index is 0.0941. The van der Waals surface area contributed by atoms with Gasteiger partial charge in [-0.05, 0) is 26.7 Å². The van der Waals surface area contributed by atoms with Crippen LogP contribution in [0.3, 0.4) is 0 Å². The van der Waals surface area contributed by atoms with Gasteiger partial charge in [0.05, 0.1) is 31.3 Å². The van der Waals surface area contributed by atoms with Gasteiger partial charge in [-0.1, -0.05) is 136 Å². The van der Waals surface area contributed by atoms with Crippen molar-refractivity contribution in [1.29, 1.82) is 0 Å².